The Morgan fingerprint density at radius 1 is 1.21 bits per heavy atom. The van der Waals surface area contributed by atoms with Gasteiger partial charge >= 0.3 is 0 Å². The molecule has 1 N–H and O–H groups in total. The third-order valence-electron chi connectivity index (χ3n) is 2.78. The minimum absolute atomic E-state index is 0.845. The first-order valence-corrected chi connectivity index (χ1v) is 7.00. The van der Waals surface area contributed by atoms with Gasteiger partial charge in [0.25, 0.3) is 0 Å². The van der Waals surface area contributed by atoms with Gasteiger partial charge in [-0.05, 0) is 0 Å². The van der Waals surface area contributed by atoms with Gasteiger partial charge in [0.15, 0.2) is 5.13 Å². The first-order valence-electron chi connectivity index (χ1n) is 6.12. The molecular weight excluding hydrogens is 256 g/mol. The van der Waals surface area contributed by atoms with Gasteiger partial charge in [0.1, 0.15) is 0 Å². The lowest BCUT2D eigenvalue weighted by Crippen LogP contribution is -2.08. The highest BCUT2D eigenvalue weighted by atomic mass is 32.1. The van der Waals surface area contributed by atoms with Crippen LogP contribution in [0.25, 0.3) is 11.3 Å². The average Bonchev–Trinajstić information content (AvgIpc) is 3.11. The van der Waals surface area contributed by atoms with E-state index in [0.717, 1.165) is 29.5 Å². The van der Waals surface area contributed by atoms with Crippen LogP contribution in [0.3, 0.4) is 0 Å². The molecule has 2 aromatic heterocycles. The summed E-state index contributed by atoms with van der Waals surface area (Å²) in [5.74, 6) is 0. The fourth-order valence-corrected chi connectivity index (χ4v) is 2.56. The SMILES string of the molecule is c1ccc(-c2csc(NCCn3ccnc3)n2)cc1. The number of aromatic nitrogens is 3. The minimum atomic E-state index is 0.845. The standard InChI is InChI=1S/C14H14N4S/c1-2-4-12(5-3-1)13-10-19-14(17-13)16-7-9-18-8-6-15-11-18/h1-6,8,10-11H,7,9H2,(H,16,17). The Morgan fingerprint density at radius 2 is 2.11 bits per heavy atom. The van der Waals surface area contributed by atoms with Crippen molar-refractivity contribution in [2.45, 2.75) is 6.54 Å². The van der Waals surface area contributed by atoms with Gasteiger partial charge in [-0.15, -0.1) is 11.3 Å². The van der Waals surface area contributed by atoms with Crippen molar-refractivity contribution in [2.24, 2.45) is 0 Å². The third-order valence-corrected chi connectivity index (χ3v) is 3.58. The van der Waals surface area contributed by atoms with Crippen LogP contribution in [0.15, 0.2) is 54.4 Å². The highest BCUT2D eigenvalue weighted by Gasteiger charge is 2.03. The van der Waals surface area contributed by atoms with Crippen LogP contribution in [0, 0.1) is 0 Å². The first kappa shape index (κ1) is 11.9. The van der Waals surface area contributed by atoms with Gasteiger partial charge in [-0.3, -0.25) is 0 Å². The third kappa shape index (κ3) is 3.00. The second kappa shape index (κ2) is 5.67. The number of thiazole rings is 1. The Labute approximate surface area is 115 Å². The van der Waals surface area contributed by atoms with E-state index in [1.807, 2.05) is 35.3 Å². The molecule has 0 atom stereocenters. The van der Waals surface area contributed by atoms with Crippen LogP contribution in [-0.2, 0) is 6.54 Å². The quantitative estimate of drug-likeness (QED) is 0.774. The van der Waals surface area contributed by atoms with E-state index in [0.29, 0.717) is 0 Å². The Morgan fingerprint density at radius 3 is 2.89 bits per heavy atom. The lowest BCUT2D eigenvalue weighted by Gasteiger charge is -2.03. The molecule has 0 aliphatic rings. The topological polar surface area (TPSA) is 42.7 Å². The lowest BCUT2D eigenvalue weighted by atomic mass is 10.2. The van der Waals surface area contributed by atoms with E-state index in [-0.39, 0.29) is 0 Å². The molecular formula is C14H14N4S. The second-order valence-electron chi connectivity index (χ2n) is 4.13. The number of nitrogens with one attached hydrogen (secondary N) is 1. The number of hydrogen-bond donors (Lipinski definition) is 1. The van der Waals surface area contributed by atoms with E-state index in [4.69, 9.17) is 0 Å². The zero-order valence-electron chi connectivity index (χ0n) is 10.4. The van der Waals surface area contributed by atoms with Gasteiger partial charge in [0.05, 0.1) is 12.0 Å². The summed E-state index contributed by atoms with van der Waals surface area (Å²) < 4.78 is 2.04. The maximum Gasteiger partial charge on any atom is 0.183 e. The average molecular weight is 270 g/mol. The molecule has 1 aromatic carbocycles. The molecule has 0 aliphatic heterocycles. The van der Waals surface area contributed by atoms with Gasteiger partial charge < -0.3 is 9.88 Å². The first-order chi connectivity index (χ1) is 9.42. The molecule has 5 heteroatoms. The summed E-state index contributed by atoms with van der Waals surface area (Å²) >= 11 is 1.63. The van der Waals surface area contributed by atoms with Crippen LogP contribution in [0.4, 0.5) is 5.13 Å². The number of anilines is 1. The molecule has 96 valence electrons. The minimum Gasteiger partial charge on any atom is -0.360 e. The Hall–Kier alpha value is -2.14. The van der Waals surface area contributed by atoms with Crippen LogP contribution in [0.2, 0.25) is 0 Å². The summed E-state index contributed by atoms with van der Waals surface area (Å²) in [6.45, 7) is 1.73. The Kier molecular flexibility index (Phi) is 3.56. The van der Waals surface area contributed by atoms with Crippen molar-refractivity contribution in [3.8, 4) is 11.3 Å². The van der Waals surface area contributed by atoms with E-state index in [1.165, 1.54) is 0 Å². The molecule has 0 fully saturated rings. The number of benzene rings is 1. The summed E-state index contributed by atoms with van der Waals surface area (Å²) in [5, 5.41) is 6.37. The molecule has 0 unspecified atom stereocenters. The summed E-state index contributed by atoms with van der Waals surface area (Å²) in [7, 11) is 0. The Balaban J connectivity index is 1.59. The van der Waals surface area contributed by atoms with Crippen LogP contribution in [0.5, 0.6) is 0 Å². The number of rotatable bonds is 5. The number of hydrogen-bond acceptors (Lipinski definition) is 4. The zero-order chi connectivity index (χ0) is 12.9. The van der Waals surface area contributed by atoms with E-state index < -0.39 is 0 Å². The lowest BCUT2D eigenvalue weighted by molar-refractivity contribution is 0.726. The molecule has 0 bridgehead atoms. The van der Waals surface area contributed by atoms with Gasteiger partial charge in [0.2, 0.25) is 0 Å². The second-order valence-corrected chi connectivity index (χ2v) is 4.99. The molecule has 3 rings (SSSR count). The van der Waals surface area contributed by atoms with E-state index in [9.17, 15) is 0 Å². The largest absolute Gasteiger partial charge is 0.360 e. The van der Waals surface area contributed by atoms with Crippen molar-refractivity contribution in [3.63, 3.8) is 0 Å². The molecule has 0 saturated carbocycles. The molecule has 0 spiro atoms. The highest BCUT2D eigenvalue weighted by Crippen LogP contribution is 2.24. The molecule has 19 heavy (non-hydrogen) atoms. The smallest absolute Gasteiger partial charge is 0.183 e. The number of nitrogens with zero attached hydrogens (tertiary/aromatic N) is 3. The molecule has 4 nitrogen and oxygen atoms in total. The monoisotopic (exact) mass is 270 g/mol. The van der Waals surface area contributed by atoms with Crippen molar-refractivity contribution in [3.05, 3.63) is 54.4 Å². The maximum absolute atomic E-state index is 4.58. The highest BCUT2D eigenvalue weighted by molar-refractivity contribution is 7.14. The van der Waals surface area contributed by atoms with Gasteiger partial charge in [-0.1, -0.05) is 30.3 Å². The van der Waals surface area contributed by atoms with Crippen LogP contribution < -0.4 is 5.32 Å². The molecule has 0 aliphatic carbocycles. The normalized spacial score (nSPS) is 10.5. The van der Waals surface area contributed by atoms with Crippen LogP contribution in [0.1, 0.15) is 0 Å². The van der Waals surface area contributed by atoms with Crippen LogP contribution >= 0.6 is 11.3 Å². The zero-order valence-corrected chi connectivity index (χ0v) is 11.2. The summed E-state index contributed by atoms with van der Waals surface area (Å²) in [5.41, 5.74) is 2.18. The molecule has 0 radical (unpaired) electrons. The van der Waals surface area contributed by atoms with Gasteiger partial charge in [-0.2, -0.15) is 0 Å². The van der Waals surface area contributed by atoms with Crippen molar-refractivity contribution in [1.82, 2.24) is 14.5 Å². The number of imidazole rings is 1. The summed E-state index contributed by atoms with van der Waals surface area (Å²) in [4.78, 5) is 8.60. The van der Waals surface area contributed by atoms with Crippen molar-refractivity contribution < 1.29 is 0 Å². The predicted molar refractivity (Wildman–Crippen MR) is 78.3 cm³/mol. The maximum atomic E-state index is 4.58. The van der Waals surface area contributed by atoms with Gasteiger partial charge in [0, 0.05) is 36.4 Å². The summed E-state index contributed by atoms with van der Waals surface area (Å²) in [6.07, 6.45) is 5.56. The fourth-order valence-electron chi connectivity index (χ4n) is 1.81. The van der Waals surface area contributed by atoms with E-state index >= 15 is 0 Å². The molecule has 0 saturated heterocycles. The van der Waals surface area contributed by atoms with Gasteiger partial charge in [-0.25, -0.2) is 9.97 Å². The Bertz CT molecular complexity index is 616. The van der Waals surface area contributed by atoms with Crippen molar-refractivity contribution in [1.29, 1.82) is 0 Å². The molecule has 3 aromatic rings. The van der Waals surface area contributed by atoms with Crippen molar-refractivity contribution in [2.75, 3.05) is 11.9 Å². The van der Waals surface area contributed by atoms with Crippen LogP contribution in [-0.4, -0.2) is 21.1 Å². The van der Waals surface area contributed by atoms with E-state index in [1.54, 1.807) is 17.5 Å². The molecule has 2 heterocycles. The molecule has 0 amide bonds. The fraction of sp³-hybridized carbons (Fsp3) is 0.143. The van der Waals surface area contributed by atoms with Crippen molar-refractivity contribution >= 4 is 16.5 Å². The van der Waals surface area contributed by atoms with E-state index in [2.05, 4.69) is 32.8 Å². The predicted octanol–water partition coefficient (Wildman–Crippen LogP) is 3.12. The summed E-state index contributed by atoms with van der Waals surface area (Å²) in [6, 6.07) is 10.2.